The van der Waals surface area contributed by atoms with Crippen LogP contribution in [0.5, 0.6) is 5.75 Å². The lowest BCUT2D eigenvalue weighted by Gasteiger charge is -2.16. The van der Waals surface area contributed by atoms with Gasteiger partial charge in [-0.15, -0.1) is 0 Å². The number of ether oxygens (including phenoxy) is 1. The number of carbonyl (C=O) groups is 1. The van der Waals surface area contributed by atoms with E-state index in [4.69, 9.17) is 15.6 Å². The van der Waals surface area contributed by atoms with E-state index in [-0.39, 0.29) is 6.42 Å². The molecule has 1 fully saturated rings. The van der Waals surface area contributed by atoms with Crippen LogP contribution in [0.3, 0.4) is 0 Å². The Labute approximate surface area is 121 Å². The van der Waals surface area contributed by atoms with Crippen molar-refractivity contribution in [3.63, 3.8) is 0 Å². The van der Waals surface area contributed by atoms with Crippen LogP contribution in [0, 0.1) is 12.8 Å². The molecule has 0 saturated heterocycles. The maximum atomic E-state index is 10.9. The predicted octanol–water partition coefficient (Wildman–Crippen LogP) is 2.50. The zero-order valence-corrected chi connectivity index (χ0v) is 12.4. The fourth-order valence-electron chi connectivity index (χ4n) is 1.92. The summed E-state index contributed by atoms with van der Waals surface area (Å²) in [5.41, 5.74) is 7.52. The zero-order chi connectivity index (χ0) is 14.0. The first-order valence-electron chi connectivity index (χ1n) is 6.37. The minimum atomic E-state index is -0.995. The number of hydrogen-bond donors (Lipinski definition) is 2. The van der Waals surface area contributed by atoms with Gasteiger partial charge in [0.15, 0.2) is 0 Å². The van der Waals surface area contributed by atoms with Gasteiger partial charge in [0.2, 0.25) is 0 Å². The van der Waals surface area contributed by atoms with Gasteiger partial charge in [-0.25, -0.2) is 0 Å². The first kappa shape index (κ1) is 14.3. The third kappa shape index (κ3) is 3.94. The molecule has 2 rings (SSSR count). The number of benzene rings is 1. The SMILES string of the molecule is Cc1cc(Br)c(OCC2CC2)c(CC(N)C(=O)O)c1. The molecule has 0 radical (unpaired) electrons. The standard InChI is InChI=1S/C14H18BrNO3/c1-8-4-10(6-12(16)14(17)18)13(11(15)5-8)19-7-9-2-3-9/h4-5,9,12H,2-3,6-7,16H2,1H3,(H,17,18). The van der Waals surface area contributed by atoms with Crippen molar-refractivity contribution in [3.8, 4) is 5.75 Å². The zero-order valence-electron chi connectivity index (χ0n) is 10.9. The van der Waals surface area contributed by atoms with Crippen molar-refractivity contribution in [1.29, 1.82) is 0 Å². The summed E-state index contributed by atoms with van der Waals surface area (Å²) < 4.78 is 6.69. The van der Waals surface area contributed by atoms with Gasteiger partial charge < -0.3 is 15.6 Å². The second-order valence-corrected chi connectivity index (χ2v) is 5.99. The van der Waals surface area contributed by atoms with Gasteiger partial charge in [-0.2, -0.15) is 0 Å². The van der Waals surface area contributed by atoms with Gasteiger partial charge in [0.05, 0.1) is 11.1 Å². The Morgan fingerprint density at radius 1 is 1.58 bits per heavy atom. The van der Waals surface area contributed by atoms with Gasteiger partial charge in [0, 0.05) is 6.42 Å². The number of aryl methyl sites for hydroxylation is 1. The van der Waals surface area contributed by atoms with E-state index in [0.717, 1.165) is 21.3 Å². The van der Waals surface area contributed by atoms with Crippen LogP contribution in [0.15, 0.2) is 16.6 Å². The molecule has 1 saturated carbocycles. The van der Waals surface area contributed by atoms with Crippen molar-refractivity contribution in [3.05, 3.63) is 27.7 Å². The number of aliphatic carboxylic acids is 1. The van der Waals surface area contributed by atoms with Gasteiger partial charge in [-0.05, 0) is 58.8 Å². The lowest BCUT2D eigenvalue weighted by Crippen LogP contribution is -2.32. The highest BCUT2D eigenvalue weighted by molar-refractivity contribution is 9.10. The summed E-state index contributed by atoms with van der Waals surface area (Å²) in [6.07, 6.45) is 2.70. The third-order valence-corrected chi connectivity index (χ3v) is 3.77. The van der Waals surface area contributed by atoms with E-state index >= 15 is 0 Å². The third-order valence-electron chi connectivity index (χ3n) is 3.18. The summed E-state index contributed by atoms with van der Waals surface area (Å²) in [7, 11) is 0. The fourth-order valence-corrected chi connectivity index (χ4v) is 2.65. The van der Waals surface area contributed by atoms with Crippen LogP contribution in [0.25, 0.3) is 0 Å². The summed E-state index contributed by atoms with van der Waals surface area (Å²) in [6.45, 7) is 2.65. The minimum absolute atomic E-state index is 0.273. The molecule has 3 N–H and O–H groups in total. The molecule has 1 atom stereocenters. The van der Waals surface area contributed by atoms with Crippen LogP contribution in [0.1, 0.15) is 24.0 Å². The average Bonchev–Trinajstić information content (AvgIpc) is 3.11. The van der Waals surface area contributed by atoms with Crippen molar-refractivity contribution in [1.82, 2.24) is 0 Å². The second-order valence-electron chi connectivity index (χ2n) is 5.14. The number of carboxylic acids is 1. The molecule has 19 heavy (non-hydrogen) atoms. The van der Waals surface area contributed by atoms with Crippen molar-refractivity contribution in [2.75, 3.05) is 6.61 Å². The van der Waals surface area contributed by atoms with E-state index in [1.807, 2.05) is 19.1 Å². The van der Waals surface area contributed by atoms with Crippen molar-refractivity contribution in [2.24, 2.45) is 11.7 Å². The van der Waals surface area contributed by atoms with Crippen molar-refractivity contribution < 1.29 is 14.6 Å². The van der Waals surface area contributed by atoms with Gasteiger partial charge in [-0.3, -0.25) is 4.79 Å². The maximum absolute atomic E-state index is 10.9. The quantitative estimate of drug-likeness (QED) is 0.842. The van der Waals surface area contributed by atoms with Crippen molar-refractivity contribution >= 4 is 21.9 Å². The van der Waals surface area contributed by atoms with E-state index in [1.54, 1.807) is 0 Å². The first-order chi connectivity index (χ1) is 8.97. The van der Waals surface area contributed by atoms with E-state index < -0.39 is 12.0 Å². The Hall–Kier alpha value is -1.07. The molecule has 104 valence electrons. The molecule has 1 unspecified atom stereocenters. The average molecular weight is 328 g/mol. The normalized spacial score (nSPS) is 16.2. The monoisotopic (exact) mass is 327 g/mol. The molecule has 1 aliphatic carbocycles. The van der Waals surface area contributed by atoms with Crippen LogP contribution in [-0.2, 0) is 11.2 Å². The number of hydrogen-bond acceptors (Lipinski definition) is 3. The van der Waals surface area contributed by atoms with Crippen LogP contribution < -0.4 is 10.5 Å². The Bertz CT molecular complexity index is 486. The summed E-state index contributed by atoms with van der Waals surface area (Å²) in [5, 5.41) is 8.92. The highest BCUT2D eigenvalue weighted by Gasteiger charge is 2.24. The highest BCUT2D eigenvalue weighted by Crippen LogP contribution is 2.35. The van der Waals surface area contributed by atoms with E-state index in [0.29, 0.717) is 12.5 Å². The molecule has 5 heteroatoms. The molecule has 0 spiro atoms. The van der Waals surface area contributed by atoms with E-state index in [2.05, 4.69) is 15.9 Å². The number of rotatable bonds is 6. The Morgan fingerprint density at radius 3 is 2.84 bits per heavy atom. The molecule has 1 aromatic carbocycles. The molecule has 4 nitrogen and oxygen atoms in total. The largest absolute Gasteiger partial charge is 0.492 e. The first-order valence-corrected chi connectivity index (χ1v) is 7.17. The molecule has 0 amide bonds. The summed E-state index contributed by atoms with van der Waals surface area (Å²) >= 11 is 3.48. The Morgan fingerprint density at radius 2 is 2.26 bits per heavy atom. The number of carboxylic acid groups (broad SMARTS) is 1. The minimum Gasteiger partial charge on any atom is -0.492 e. The molecular weight excluding hydrogens is 310 g/mol. The van der Waals surface area contributed by atoms with E-state index in [1.165, 1.54) is 12.8 Å². The van der Waals surface area contributed by atoms with E-state index in [9.17, 15) is 4.79 Å². The Balaban J connectivity index is 2.19. The summed E-state index contributed by atoms with van der Waals surface area (Å²) in [6, 6.07) is 3.00. The lowest BCUT2D eigenvalue weighted by molar-refractivity contribution is -0.138. The number of halogens is 1. The molecule has 0 aliphatic heterocycles. The van der Waals surface area contributed by atoms with Crippen LogP contribution in [0.2, 0.25) is 0 Å². The van der Waals surface area contributed by atoms with Gasteiger partial charge in [0.25, 0.3) is 0 Å². The summed E-state index contributed by atoms with van der Waals surface area (Å²) in [5.74, 6) is 0.383. The molecule has 1 aromatic rings. The Kier molecular flexibility index (Phi) is 4.47. The second kappa shape index (κ2) is 5.92. The fraction of sp³-hybridized carbons (Fsp3) is 0.500. The highest BCUT2D eigenvalue weighted by atomic mass is 79.9. The van der Waals surface area contributed by atoms with Gasteiger partial charge in [0.1, 0.15) is 11.8 Å². The summed E-state index contributed by atoms with van der Waals surface area (Å²) in [4.78, 5) is 10.9. The predicted molar refractivity (Wildman–Crippen MR) is 76.4 cm³/mol. The smallest absolute Gasteiger partial charge is 0.320 e. The van der Waals surface area contributed by atoms with Gasteiger partial charge in [-0.1, -0.05) is 6.07 Å². The lowest BCUT2D eigenvalue weighted by atomic mass is 10.0. The van der Waals surface area contributed by atoms with Crippen LogP contribution in [-0.4, -0.2) is 23.7 Å². The topological polar surface area (TPSA) is 72.5 Å². The maximum Gasteiger partial charge on any atom is 0.320 e. The molecule has 0 aromatic heterocycles. The van der Waals surface area contributed by atoms with Crippen LogP contribution in [0.4, 0.5) is 0 Å². The molecule has 1 aliphatic rings. The molecule has 0 bridgehead atoms. The molecular formula is C14H18BrNO3. The van der Waals surface area contributed by atoms with Crippen LogP contribution >= 0.6 is 15.9 Å². The molecule has 0 heterocycles. The van der Waals surface area contributed by atoms with Crippen molar-refractivity contribution in [2.45, 2.75) is 32.2 Å². The van der Waals surface area contributed by atoms with Gasteiger partial charge >= 0.3 is 5.97 Å². The number of nitrogens with two attached hydrogens (primary N) is 1.